The zero-order valence-electron chi connectivity index (χ0n) is 13.9. The first-order valence-corrected chi connectivity index (χ1v) is 8.22. The fraction of sp³-hybridized carbons (Fsp3) is 0.556. The van der Waals surface area contributed by atoms with Crippen molar-refractivity contribution in [2.75, 3.05) is 26.2 Å². The predicted molar refractivity (Wildman–Crippen MR) is 87.4 cm³/mol. The van der Waals surface area contributed by atoms with Gasteiger partial charge >= 0.3 is 0 Å². The van der Waals surface area contributed by atoms with E-state index in [0.29, 0.717) is 38.5 Å². The number of carbonyl (C=O) groups excluding carboxylic acids is 2. The van der Waals surface area contributed by atoms with Gasteiger partial charge in [-0.2, -0.15) is 0 Å². The third kappa shape index (κ3) is 5.05. The number of amides is 2. The second-order valence-electron chi connectivity index (χ2n) is 6.60. The van der Waals surface area contributed by atoms with Gasteiger partial charge in [0, 0.05) is 32.6 Å². The normalized spacial score (nSPS) is 16.5. The summed E-state index contributed by atoms with van der Waals surface area (Å²) in [5.74, 6) is 0.427. The van der Waals surface area contributed by atoms with Crippen molar-refractivity contribution in [3.05, 3.63) is 35.6 Å². The highest BCUT2D eigenvalue weighted by Crippen LogP contribution is 2.28. The molecule has 1 aliphatic heterocycles. The van der Waals surface area contributed by atoms with Crippen LogP contribution in [0.3, 0.4) is 0 Å². The van der Waals surface area contributed by atoms with Crippen LogP contribution < -0.4 is 0 Å². The molecule has 1 aromatic rings. The number of halogens is 1. The molecular weight excluding hydrogens is 295 g/mol. The van der Waals surface area contributed by atoms with Crippen molar-refractivity contribution in [2.45, 2.75) is 32.6 Å². The van der Waals surface area contributed by atoms with Crippen LogP contribution in [0.2, 0.25) is 0 Å². The highest BCUT2D eigenvalue weighted by Gasteiger charge is 2.24. The van der Waals surface area contributed by atoms with Crippen LogP contribution in [0, 0.1) is 11.7 Å². The SMILES string of the molecule is CC(C)CC(CC(=O)N1CCN(C=O)CC1)c1ccc(F)cc1. The van der Waals surface area contributed by atoms with Gasteiger partial charge in [-0.05, 0) is 36.0 Å². The molecule has 0 radical (unpaired) electrons. The monoisotopic (exact) mass is 320 g/mol. The molecule has 0 saturated carbocycles. The van der Waals surface area contributed by atoms with Gasteiger partial charge in [-0.1, -0.05) is 26.0 Å². The number of piperazine rings is 1. The summed E-state index contributed by atoms with van der Waals surface area (Å²) in [6.07, 6.45) is 2.17. The summed E-state index contributed by atoms with van der Waals surface area (Å²) in [7, 11) is 0. The lowest BCUT2D eigenvalue weighted by Crippen LogP contribution is -2.48. The summed E-state index contributed by atoms with van der Waals surface area (Å²) >= 11 is 0. The average Bonchev–Trinajstić information content (AvgIpc) is 2.54. The molecule has 126 valence electrons. The highest BCUT2D eigenvalue weighted by molar-refractivity contribution is 5.77. The summed E-state index contributed by atoms with van der Waals surface area (Å²) in [4.78, 5) is 26.8. The molecule has 2 amide bonds. The first-order valence-electron chi connectivity index (χ1n) is 8.22. The minimum Gasteiger partial charge on any atom is -0.342 e. The van der Waals surface area contributed by atoms with E-state index in [1.54, 1.807) is 17.0 Å². The number of hydrogen-bond donors (Lipinski definition) is 0. The summed E-state index contributed by atoms with van der Waals surface area (Å²) in [5, 5.41) is 0. The minimum atomic E-state index is -0.256. The van der Waals surface area contributed by atoms with E-state index in [2.05, 4.69) is 13.8 Å². The molecule has 0 spiro atoms. The Morgan fingerprint density at radius 3 is 2.30 bits per heavy atom. The van der Waals surface area contributed by atoms with Gasteiger partial charge < -0.3 is 9.80 Å². The van der Waals surface area contributed by atoms with E-state index in [4.69, 9.17) is 0 Å². The number of rotatable bonds is 6. The van der Waals surface area contributed by atoms with Crippen molar-refractivity contribution < 1.29 is 14.0 Å². The Hall–Kier alpha value is -1.91. The molecule has 1 atom stereocenters. The molecule has 2 rings (SSSR count). The maximum atomic E-state index is 13.1. The molecule has 1 saturated heterocycles. The Labute approximate surface area is 137 Å². The molecule has 23 heavy (non-hydrogen) atoms. The Bertz CT molecular complexity index is 522. The average molecular weight is 320 g/mol. The van der Waals surface area contributed by atoms with Crippen molar-refractivity contribution in [3.8, 4) is 0 Å². The number of carbonyl (C=O) groups is 2. The molecule has 5 heteroatoms. The van der Waals surface area contributed by atoms with Gasteiger partial charge in [0.05, 0.1) is 0 Å². The third-order valence-electron chi connectivity index (χ3n) is 4.33. The van der Waals surface area contributed by atoms with Crippen molar-refractivity contribution in [1.82, 2.24) is 9.80 Å². The Morgan fingerprint density at radius 2 is 1.78 bits per heavy atom. The van der Waals surface area contributed by atoms with Crippen molar-refractivity contribution >= 4 is 12.3 Å². The largest absolute Gasteiger partial charge is 0.342 e. The molecule has 0 aliphatic carbocycles. The standard InChI is InChI=1S/C18H25FN2O2/c1-14(2)11-16(15-3-5-17(19)6-4-15)12-18(23)21-9-7-20(13-22)8-10-21/h3-6,13-14,16H,7-12H2,1-2H3. The Kier molecular flexibility index (Phi) is 6.13. The van der Waals surface area contributed by atoms with Crippen molar-refractivity contribution in [2.24, 2.45) is 5.92 Å². The Morgan fingerprint density at radius 1 is 1.17 bits per heavy atom. The van der Waals surface area contributed by atoms with E-state index in [1.807, 2.05) is 4.90 Å². The smallest absolute Gasteiger partial charge is 0.223 e. The van der Waals surface area contributed by atoms with Crippen LogP contribution in [0.5, 0.6) is 0 Å². The lowest BCUT2D eigenvalue weighted by Gasteiger charge is -2.33. The van der Waals surface area contributed by atoms with Crippen LogP contribution in [-0.2, 0) is 9.59 Å². The molecule has 4 nitrogen and oxygen atoms in total. The zero-order valence-corrected chi connectivity index (χ0v) is 13.9. The molecule has 1 aliphatic rings. The molecule has 1 fully saturated rings. The maximum absolute atomic E-state index is 13.1. The lowest BCUT2D eigenvalue weighted by atomic mass is 9.87. The summed E-state index contributed by atoms with van der Waals surface area (Å²) in [5.41, 5.74) is 1.01. The van der Waals surface area contributed by atoms with E-state index in [1.165, 1.54) is 12.1 Å². The minimum absolute atomic E-state index is 0.104. The van der Waals surface area contributed by atoms with Gasteiger partial charge in [0.2, 0.25) is 12.3 Å². The molecule has 1 heterocycles. The molecule has 1 unspecified atom stereocenters. The molecule has 0 aromatic heterocycles. The number of benzene rings is 1. The molecule has 1 aromatic carbocycles. The maximum Gasteiger partial charge on any atom is 0.223 e. The third-order valence-corrected chi connectivity index (χ3v) is 4.33. The van der Waals surface area contributed by atoms with E-state index >= 15 is 0 Å². The topological polar surface area (TPSA) is 40.6 Å². The summed E-state index contributed by atoms with van der Waals surface area (Å²) in [6.45, 7) is 6.64. The van der Waals surface area contributed by atoms with Gasteiger partial charge in [-0.25, -0.2) is 4.39 Å². The van der Waals surface area contributed by atoms with E-state index < -0.39 is 0 Å². The van der Waals surface area contributed by atoms with Gasteiger partial charge in [0.1, 0.15) is 5.82 Å². The summed E-state index contributed by atoms with van der Waals surface area (Å²) < 4.78 is 13.1. The quantitative estimate of drug-likeness (QED) is 0.756. The van der Waals surface area contributed by atoms with Crippen LogP contribution in [0.4, 0.5) is 4.39 Å². The fourth-order valence-electron chi connectivity index (χ4n) is 3.06. The van der Waals surface area contributed by atoms with Crippen LogP contribution in [0.25, 0.3) is 0 Å². The van der Waals surface area contributed by atoms with E-state index in [-0.39, 0.29) is 17.6 Å². The molecule has 0 bridgehead atoms. The highest BCUT2D eigenvalue weighted by atomic mass is 19.1. The van der Waals surface area contributed by atoms with Crippen molar-refractivity contribution in [1.29, 1.82) is 0 Å². The predicted octanol–water partition coefficient (Wildman–Crippen LogP) is 2.65. The van der Waals surface area contributed by atoms with Gasteiger partial charge in [0.25, 0.3) is 0 Å². The van der Waals surface area contributed by atoms with Gasteiger partial charge in [0.15, 0.2) is 0 Å². The van der Waals surface area contributed by atoms with Crippen LogP contribution >= 0.6 is 0 Å². The summed E-state index contributed by atoms with van der Waals surface area (Å²) in [6, 6.07) is 6.46. The molecule has 0 N–H and O–H groups in total. The van der Waals surface area contributed by atoms with Crippen LogP contribution in [0.1, 0.15) is 38.2 Å². The van der Waals surface area contributed by atoms with Gasteiger partial charge in [-0.3, -0.25) is 9.59 Å². The number of hydrogen-bond acceptors (Lipinski definition) is 2. The second kappa shape index (κ2) is 8.09. The van der Waals surface area contributed by atoms with Crippen molar-refractivity contribution in [3.63, 3.8) is 0 Å². The zero-order chi connectivity index (χ0) is 16.8. The van der Waals surface area contributed by atoms with E-state index in [9.17, 15) is 14.0 Å². The van der Waals surface area contributed by atoms with Gasteiger partial charge in [-0.15, -0.1) is 0 Å². The Balaban J connectivity index is 2.01. The van der Waals surface area contributed by atoms with Crippen LogP contribution in [0.15, 0.2) is 24.3 Å². The first-order chi connectivity index (χ1) is 11.0. The molecular formula is C18H25FN2O2. The van der Waals surface area contributed by atoms with Crippen LogP contribution in [-0.4, -0.2) is 48.3 Å². The number of nitrogens with zero attached hydrogens (tertiary/aromatic N) is 2. The first kappa shape index (κ1) is 17.4. The second-order valence-corrected chi connectivity index (χ2v) is 6.60. The van der Waals surface area contributed by atoms with E-state index in [0.717, 1.165) is 18.4 Å². The lowest BCUT2D eigenvalue weighted by molar-refractivity contribution is -0.135. The fourth-order valence-corrected chi connectivity index (χ4v) is 3.06.